The minimum absolute atomic E-state index is 0.0500. The zero-order valence-electron chi connectivity index (χ0n) is 22.1. The highest BCUT2D eigenvalue weighted by Gasteiger charge is 2.46. The van der Waals surface area contributed by atoms with E-state index in [9.17, 15) is 14.7 Å². The largest absolute Gasteiger partial charge is 0.507 e. The average molecular weight is 529 g/mol. The number of aliphatic hydroxyl groups is 1. The predicted octanol–water partition coefficient (Wildman–Crippen LogP) is 5.68. The molecule has 1 N–H and O–H groups in total. The Morgan fingerprint density at radius 3 is 2.32 bits per heavy atom. The zero-order valence-corrected chi connectivity index (χ0v) is 22.9. The number of hydrogen-bond donors (Lipinski definition) is 1. The number of amides is 1. The van der Waals surface area contributed by atoms with Crippen LogP contribution < -0.4 is 9.47 Å². The van der Waals surface area contributed by atoms with Crippen LogP contribution in [0.1, 0.15) is 57.7 Å². The fourth-order valence-electron chi connectivity index (χ4n) is 4.42. The molecule has 1 fully saturated rings. The van der Waals surface area contributed by atoms with Gasteiger partial charge in [0, 0.05) is 23.7 Å². The van der Waals surface area contributed by atoms with Crippen LogP contribution in [-0.4, -0.2) is 66.0 Å². The maximum absolute atomic E-state index is 13.3. The van der Waals surface area contributed by atoms with Gasteiger partial charge in [0.1, 0.15) is 5.76 Å². The first-order chi connectivity index (χ1) is 17.9. The Morgan fingerprint density at radius 1 is 1.00 bits per heavy atom. The second kappa shape index (κ2) is 13.5. The van der Waals surface area contributed by atoms with Crippen LogP contribution in [0.3, 0.4) is 0 Å². The lowest BCUT2D eigenvalue weighted by Gasteiger charge is -2.28. The Balaban J connectivity index is 2.11. The van der Waals surface area contributed by atoms with Crippen molar-refractivity contribution in [3.8, 4) is 11.5 Å². The van der Waals surface area contributed by atoms with E-state index in [1.807, 2.05) is 19.1 Å². The van der Waals surface area contributed by atoms with Crippen molar-refractivity contribution < 1.29 is 24.2 Å². The number of carbonyl (C=O) groups excluding carboxylic acids is 2. The van der Waals surface area contributed by atoms with Crippen LogP contribution in [0.5, 0.6) is 11.5 Å². The van der Waals surface area contributed by atoms with Crippen molar-refractivity contribution in [2.24, 2.45) is 0 Å². The first-order valence-corrected chi connectivity index (χ1v) is 13.4. The molecule has 2 aromatic rings. The summed E-state index contributed by atoms with van der Waals surface area (Å²) < 4.78 is 11.8. The van der Waals surface area contributed by atoms with E-state index < -0.39 is 17.7 Å². The van der Waals surface area contributed by atoms with Crippen molar-refractivity contribution in [3.05, 3.63) is 64.2 Å². The van der Waals surface area contributed by atoms with Crippen LogP contribution >= 0.6 is 11.6 Å². The van der Waals surface area contributed by atoms with Gasteiger partial charge >= 0.3 is 0 Å². The molecule has 0 bridgehead atoms. The number of likely N-dealkylation sites (N-methyl/N-ethyl adjacent to an activating group) is 1. The van der Waals surface area contributed by atoms with E-state index in [0.29, 0.717) is 54.0 Å². The lowest BCUT2D eigenvalue weighted by Crippen LogP contribution is -2.38. The first-order valence-electron chi connectivity index (χ1n) is 13.0. The number of carbonyl (C=O) groups is 2. The van der Waals surface area contributed by atoms with Gasteiger partial charge < -0.3 is 24.4 Å². The summed E-state index contributed by atoms with van der Waals surface area (Å²) in [5, 5.41) is 11.8. The number of aliphatic hydroxyl groups excluding tert-OH is 1. The molecule has 0 radical (unpaired) electrons. The summed E-state index contributed by atoms with van der Waals surface area (Å²) in [6.07, 6.45) is 1.92. The van der Waals surface area contributed by atoms with Crippen LogP contribution in [0.2, 0.25) is 5.02 Å². The van der Waals surface area contributed by atoms with Gasteiger partial charge in [-0.25, -0.2) is 0 Å². The van der Waals surface area contributed by atoms with Crippen LogP contribution in [0.4, 0.5) is 0 Å². The second-order valence-electron chi connectivity index (χ2n) is 8.87. The molecule has 2 aromatic carbocycles. The summed E-state index contributed by atoms with van der Waals surface area (Å²) in [7, 11) is 0. The van der Waals surface area contributed by atoms with Gasteiger partial charge in [-0.05, 0) is 68.4 Å². The van der Waals surface area contributed by atoms with Gasteiger partial charge in [-0.2, -0.15) is 0 Å². The molecular formula is C29H37ClN2O5. The maximum atomic E-state index is 13.3. The number of halogens is 1. The molecule has 37 heavy (non-hydrogen) atoms. The van der Waals surface area contributed by atoms with E-state index in [2.05, 4.69) is 25.7 Å². The molecule has 0 saturated carbocycles. The van der Waals surface area contributed by atoms with Gasteiger partial charge in [0.2, 0.25) is 0 Å². The molecule has 1 unspecified atom stereocenters. The molecule has 7 nitrogen and oxygen atoms in total. The van der Waals surface area contributed by atoms with Gasteiger partial charge in [-0.15, -0.1) is 0 Å². The number of ether oxygens (including phenoxy) is 2. The minimum Gasteiger partial charge on any atom is -0.507 e. The van der Waals surface area contributed by atoms with Crippen molar-refractivity contribution in [1.29, 1.82) is 0 Å². The van der Waals surface area contributed by atoms with Gasteiger partial charge in [0.05, 0.1) is 24.8 Å². The third kappa shape index (κ3) is 6.65. The van der Waals surface area contributed by atoms with Crippen LogP contribution in [0, 0.1) is 0 Å². The average Bonchev–Trinajstić information content (AvgIpc) is 3.15. The Morgan fingerprint density at radius 2 is 1.70 bits per heavy atom. The number of hydrogen-bond acceptors (Lipinski definition) is 6. The molecule has 1 atom stereocenters. The van der Waals surface area contributed by atoms with Crippen LogP contribution in [0.15, 0.2) is 48.0 Å². The quantitative estimate of drug-likeness (QED) is 0.156. The SMILES string of the molecule is CCCCOc1ccc(C2C(=C(O)c3ccc(Cl)cc3)C(=O)C(=O)N2CCN(CC)CC)cc1OCC. The standard InChI is InChI=1S/C29H37ClN2O5/c1-5-9-18-37-23-15-12-21(19-24(23)36-8-4)26-25(27(33)20-10-13-22(30)14-11-20)28(34)29(35)32(26)17-16-31(6-2)7-3/h10-15,19,26,33H,5-9,16-18H2,1-4H3. The molecule has 1 heterocycles. The lowest BCUT2D eigenvalue weighted by molar-refractivity contribution is -0.140. The van der Waals surface area contributed by atoms with E-state index >= 15 is 0 Å². The molecule has 1 amide bonds. The third-order valence-electron chi connectivity index (χ3n) is 6.55. The summed E-state index contributed by atoms with van der Waals surface area (Å²) in [6, 6.07) is 11.2. The number of rotatable bonds is 13. The van der Waals surface area contributed by atoms with E-state index in [-0.39, 0.29) is 11.3 Å². The Labute approximate surface area is 224 Å². The maximum Gasteiger partial charge on any atom is 0.295 e. The van der Waals surface area contributed by atoms with E-state index in [1.54, 1.807) is 35.2 Å². The number of nitrogens with zero attached hydrogens (tertiary/aromatic N) is 2. The lowest BCUT2D eigenvalue weighted by atomic mass is 9.95. The summed E-state index contributed by atoms with van der Waals surface area (Å²) in [5.41, 5.74) is 1.13. The Kier molecular flexibility index (Phi) is 10.4. The summed E-state index contributed by atoms with van der Waals surface area (Å²) in [4.78, 5) is 30.3. The summed E-state index contributed by atoms with van der Waals surface area (Å²) in [5.74, 6) is -0.424. The van der Waals surface area contributed by atoms with Crippen molar-refractivity contribution in [3.63, 3.8) is 0 Å². The number of Topliss-reactive ketones (excluding diaryl/α,β-unsaturated/α-hetero) is 1. The van der Waals surface area contributed by atoms with Gasteiger partial charge in [-0.1, -0.05) is 44.9 Å². The van der Waals surface area contributed by atoms with Crippen molar-refractivity contribution >= 4 is 29.1 Å². The molecular weight excluding hydrogens is 492 g/mol. The molecule has 1 aliphatic heterocycles. The van der Waals surface area contributed by atoms with E-state index in [1.165, 1.54) is 0 Å². The number of ketones is 1. The smallest absolute Gasteiger partial charge is 0.295 e. The topological polar surface area (TPSA) is 79.3 Å². The molecule has 3 rings (SSSR count). The summed E-state index contributed by atoms with van der Waals surface area (Å²) in [6.45, 7) is 11.7. The first kappa shape index (κ1) is 28.5. The minimum atomic E-state index is -0.768. The van der Waals surface area contributed by atoms with Crippen molar-refractivity contribution in [2.75, 3.05) is 39.4 Å². The van der Waals surface area contributed by atoms with Gasteiger partial charge in [0.25, 0.3) is 11.7 Å². The normalized spacial score (nSPS) is 17.0. The Bertz CT molecular complexity index is 1110. The predicted molar refractivity (Wildman–Crippen MR) is 146 cm³/mol. The van der Waals surface area contributed by atoms with Crippen molar-refractivity contribution in [2.45, 2.75) is 46.6 Å². The van der Waals surface area contributed by atoms with E-state index in [0.717, 1.165) is 25.9 Å². The highest BCUT2D eigenvalue weighted by atomic mass is 35.5. The molecule has 0 aliphatic carbocycles. The molecule has 200 valence electrons. The molecule has 0 aromatic heterocycles. The summed E-state index contributed by atoms with van der Waals surface area (Å²) >= 11 is 6.02. The highest BCUT2D eigenvalue weighted by Crippen LogP contribution is 2.42. The van der Waals surface area contributed by atoms with E-state index in [4.69, 9.17) is 21.1 Å². The highest BCUT2D eigenvalue weighted by molar-refractivity contribution is 6.46. The molecule has 1 aliphatic rings. The van der Waals surface area contributed by atoms with Gasteiger partial charge in [0.15, 0.2) is 11.5 Å². The van der Waals surface area contributed by atoms with Crippen LogP contribution in [-0.2, 0) is 9.59 Å². The molecule has 1 saturated heterocycles. The zero-order chi connectivity index (χ0) is 26.9. The monoisotopic (exact) mass is 528 g/mol. The molecule has 0 spiro atoms. The third-order valence-corrected chi connectivity index (χ3v) is 6.80. The fourth-order valence-corrected chi connectivity index (χ4v) is 4.54. The van der Waals surface area contributed by atoms with Crippen molar-refractivity contribution in [1.82, 2.24) is 9.80 Å². The van der Waals surface area contributed by atoms with Crippen LogP contribution in [0.25, 0.3) is 5.76 Å². The van der Waals surface area contributed by atoms with Gasteiger partial charge in [-0.3, -0.25) is 9.59 Å². The molecule has 8 heteroatoms. The second-order valence-corrected chi connectivity index (χ2v) is 9.30. The fraction of sp³-hybridized carbons (Fsp3) is 0.448. The number of likely N-dealkylation sites (tertiary alicyclic amines) is 1. The Hall–Kier alpha value is -3.03. The number of benzene rings is 2. The number of unbranched alkanes of at least 4 members (excludes halogenated alkanes) is 1.